The molecule has 134 valence electrons. The van der Waals surface area contributed by atoms with Crippen LogP contribution in [0.3, 0.4) is 0 Å². The number of anilines is 1. The van der Waals surface area contributed by atoms with Crippen LogP contribution in [0.1, 0.15) is 15.9 Å². The van der Waals surface area contributed by atoms with E-state index in [4.69, 9.17) is 29.0 Å². The number of halogens is 5. The minimum absolute atomic E-state index is 0.00885. The predicted octanol–water partition coefficient (Wildman–Crippen LogP) is 4.57. The van der Waals surface area contributed by atoms with Crippen LogP contribution in [-0.2, 0) is 6.18 Å². The third-order valence-electron chi connectivity index (χ3n) is 3.50. The van der Waals surface area contributed by atoms with E-state index in [0.717, 1.165) is 17.1 Å². The van der Waals surface area contributed by atoms with Gasteiger partial charge in [0.15, 0.2) is 11.6 Å². The van der Waals surface area contributed by atoms with Gasteiger partial charge in [0.1, 0.15) is 0 Å². The number of carbonyl (C=O) groups excluding carboxylic acids is 1. The minimum atomic E-state index is -4.63. The standard InChI is InChI=1S/C16H9Cl2F3N4O/c17-9-3-11-14(26)8(5-23-15(11)24-6-9)7-25(22)10-1-2-13(18)12(4-10)16(19,20)21/h1-7H,22H2/b8-7+. The van der Waals surface area contributed by atoms with Crippen LogP contribution in [-0.4, -0.2) is 17.0 Å². The van der Waals surface area contributed by atoms with E-state index in [1.54, 1.807) is 0 Å². The monoisotopic (exact) mass is 400 g/mol. The second kappa shape index (κ2) is 6.71. The van der Waals surface area contributed by atoms with Gasteiger partial charge in [-0.25, -0.2) is 15.8 Å². The summed E-state index contributed by atoms with van der Waals surface area (Å²) in [5, 5.41) is 0.686. The third-order valence-corrected chi connectivity index (χ3v) is 4.03. The first kappa shape index (κ1) is 18.4. The molecule has 1 aromatic carbocycles. The molecule has 0 saturated heterocycles. The SMILES string of the molecule is NN(/C=C1\C=Nc2ncc(Cl)cc2C1=O)c1ccc(Cl)c(C(F)(F)F)c1. The van der Waals surface area contributed by atoms with E-state index >= 15 is 0 Å². The second-order valence-electron chi connectivity index (χ2n) is 5.27. The number of allylic oxidation sites excluding steroid dienone is 1. The number of benzene rings is 1. The maximum Gasteiger partial charge on any atom is 0.417 e. The first-order valence-corrected chi connectivity index (χ1v) is 7.79. The van der Waals surface area contributed by atoms with Gasteiger partial charge in [-0.2, -0.15) is 13.2 Å². The van der Waals surface area contributed by atoms with Crippen LogP contribution in [0.15, 0.2) is 47.2 Å². The van der Waals surface area contributed by atoms with Crippen molar-refractivity contribution >= 4 is 46.7 Å². The molecule has 26 heavy (non-hydrogen) atoms. The molecule has 3 rings (SSSR count). The van der Waals surface area contributed by atoms with Gasteiger partial charge in [0, 0.05) is 18.6 Å². The van der Waals surface area contributed by atoms with Gasteiger partial charge < -0.3 is 0 Å². The second-order valence-corrected chi connectivity index (χ2v) is 6.11. The number of carbonyl (C=O) groups is 1. The molecule has 0 atom stereocenters. The van der Waals surface area contributed by atoms with Crippen molar-refractivity contribution in [2.75, 3.05) is 5.01 Å². The molecule has 1 aliphatic heterocycles. The highest BCUT2D eigenvalue weighted by Gasteiger charge is 2.33. The molecular formula is C16H9Cl2F3N4O. The number of aliphatic imine (C=N–C) groups is 1. The van der Waals surface area contributed by atoms with E-state index < -0.39 is 22.5 Å². The number of Topliss-reactive ketones (excluding diaryl/α,β-unsaturated/α-hetero) is 1. The quantitative estimate of drug-likeness (QED) is 0.455. The van der Waals surface area contributed by atoms with Gasteiger partial charge in [-0.3, -0.25) is 9.80 Å². The smallest absolute Gasteiger partial charge is 0.288 e. The lowest BCUT2D eigenvalue weighted by Crippen LogP contribution is -2.27. The van der Waals surface area contributed by atoms with Crippen molar-refractivity contribution in [3.63, 3.8) is 0 Å². The van der Waals surface area contributed by atoms with Crippen LogP contribution in [0.4, 0.5) is 24.7 Å². The van der Waals surface area contributed by atoms with E-state index in [9.17, 15) is 18.0 Å². The summed E-state index contributed by atoms with van der Waals surface area (Å²) in [5.74, 6) is 5.54. The van der Waals surface area contributed by atoms with Crippen molar-refractivity contribution in [1.82, 2.24) is 4.98 Å². The number of ketones is 1. The van der Waals surface area contributed by atoms with Crippen LogP contribution >= 0.6 is 23.2 Å². The summed E-state index contributed by atoms with van der Waals surface area (Å²) >= 11 is 11.4. The first-order chi connectivity index (χ1) is 12.2. The molecule has 10 heteroatoms. The Morgan fingerprint density at radius 3 is 2.62 bits per heavy atom. The predicted molar refractivity (Wildman–Crippen MR) is 92.9 cm³/mol. The highest BCUT2D eigenvalue weighted by Crippen LogP contribution is 2.36. The van der Waals surface area contributed by atoms with Gasteiger partial charge in [0.25, 0.3) is 0 Å². The maximum atomic E-state index is 13.0. The average molecular weight is 401 g/mol. The molecule has 1 aliphatic rings. The van der Waals surface area contributed by atoms with Gasteiger partial charge >= 0.3 is 6.18 Å². The Hall–Kier alpha value is -2.42. The topological polar surface area (TPSA) is 71.6 Å². The van der Waals surface area contributed by atoms with E-state index in [2.05, 4.69) is 9.98 Å². The number of nitrogens with zero attached hydrogens (tertiary/aromatic N) is 3. The van der Waals surface area contributed by atoms with Crippen molar-refractivity contribution in [2.24, 2.45) is 10.8 Å². The number of rotatable bonds is 2. The van der Waals surface area contributed by atoms with Gasteiger partial charge in [-0.15, -0.1) is 0 Å². The van der Waals surface area contributed by atoms with Gasteiger partial charge in [0.05, 0.1) is 32.4 Å². The van der Waals surface area contributed by atoms with E-state index in [1.807, 2.05) is 0 Å². The Morgan fingerprint density at radius 2 is 1.92 bits per heavy atom. The molecule has 0 spiro atoms. The lowest BCUT2D eigenvalue weighted by molar-refractivity contribution is -0.137. The maximum absolute atomic E-state index is 13.0. The molecule has 0 fully saturated rings. The average Bonchev–Trinajstić information content (AvgIpc) is 2.57. The van der Waals surface area contributed by atoms with Crippen LogP contribution in [0, 0.1) is 0 Å². The van der Waals surface area contributed by atoms with E-state index in [-0.39, 0.29) is 27.7 Å². The third kappa shape index (κ3) is 3.57. The number of pyridine rings is 1. The molecular weight excluding hydrogens is 392 g/mol. The number of hydrazine groups is 1. The zero-order valence-corrected chi connectivity index (χ0v) is 14.3. The fourth-order valence-corrected chi connectivity index (χ4v) is 2.64. The summed E-state index contributed by atoms with van der Waals surface area (Å²) in [6, 6.07) is 4.57. The number of fused-ring (bicyclic) bond motifs is 1. The summed E-state index contributed by atoms with van der Waals surface area (Å²) in [6.45, 7) is 0. The molecule has 5 nitrogen and oxygen atoms in total. The Bertz CT molecular complexity index is 957. The Balaban J connectivity index is 1.95. The molecule has 2 aromatic rings. The number of hydrogen-bond donors (Lipinski definition) is 1. The molecule has 0 aliphatic carbocycles. The lowest BCUT2D eigenvalue weighted by atomic mass is 10.0. The highest BCUT2D eigenvalue weighted by atomic mass is 35.5. The van der Waals surface area contributed by atoms with Crippen molar-refractivity contribution in [3.8, 4) is 0 Å². The summed E-state index contributed by atoms with van der Waals surface area (Å²) in [5.41, 5.74) is -0.805. The van der Waals surface area contributed by atoms with Crippen LogP contribution in [0.25, 0.3) is 0 Å². The van der Waals surface area contributed by atoms with Gasteiger partial charge in [-0.05, 0) is 24.3 Å². The molecule has 0 saturated carbocycles. The molecule has 0 bridgehead atoms. The highest BCUT2D eigenvalue weighted by molar-refractivity contribution is 6.32. The fourth-order valence-electron chi connectivity index (χ4n) is 2.25. The molecule has 0 radical (unpaired) electrons. The van der Waals surface area contributed by atoms with E-state index in [1.165, 1.54) is 30.7 Å². The summed E-state index contributed by atoms with van der Waals surface area (Å²) in [6.07, 6.45) is -0.892. The van der Waals surface area contributed by atoms with E-state index in [0.29, 0.717) is 0 Å². The lowest BCUT2D eigenvalue weighted by Gasteiger charge is -2.19. The zero-order valence-electron chi connectivity index (χ0n) is 12.8. The van der Waals surface area contributed by atoms with Gasteiger partial charge in [0.2, 0.25) is 0 Å². The van der Waals surface area contributed by atoms with Crippen molar-refractivity contribution < 1.29 is 18.0 Å². The fraction of sp³-hybridized carbons (Fsp3) is 0.0625. The zero-order chi connectivity index (χ0) is 19.1. The molecule has 1 aromatic heterocycles. The molecule has 0 unspecified atom stereocenters. The Morgan fingerprint density at radius 1 is 1.19 bits per heavy atom. The number of nitrogens with two attached hydrogens (primary N) is 1. The molecule has 0 amide bonds. The summed E-state index contributed by atoms with van der Waals surface area (Å²) < 4.78 is 38.9. The van der Waals surface area contributed by atoms with Crippen LogP contribution < -0.4 is 10.9 Å². The normalized spacial score (nSPS) is 15.3. The number of alkyl halides is 3. The Kier molecular flexibility index (Phi) is 4.74. The largest absolute Gasteiger partial charge is 0.417 e. The van der Waals surface area contributed by atoms with Crippen LogP contribution in [0.5, 0.6) is 0 Å². The molecule has 2 heterocycles. The van der Waals surface area contributed by atoms with Crippen LogP contribution in [0.2, 0.25) is 10.0 Å². The van der Waals surface area contributed by atoms with Crippen molar-refractivity contribution in [1.29, 1.82) is 0 Å². The molecule has 2 N–H and O–H groups in total. The van der Waals surface area contributed by atoms with Crippen molar-refractivity contribution in [3.05, 3.63) is 63.4 Å². The number of hydrogen-bond acceptors (Lipinski definition) is 5. The minimum Gasteiger partial charge on any atom is -0.288 e. The Labute approximate surface area is 155 Å². The van der Waals surface area contributed by atoms with Crippen molar-refractivity contribution in [2.45, 2.75) is 6.18 Å². The van der Waals surface area contributed by atoms with Gasteiger partial charge in [-0.1, -0.05) is 23.2 Å². The first-order valence-electron chi connectivity index (χ1n) is 7.03. The summed E-state index contributed by atoms with van der Waals surface area (Å²) in [4.78, 5) is 20.4. The number of aromatic nitrogens is 1. The summed E-state index contributed by atoms with van der Waals surface area (Å²) in [7, 11) is 0.